The van der Waals surface area contributed by atoms with Crippen LogP contribution in [0.15, 0.2) is 91.0 Å². The second kappa shape index (κ2) is 26.4. The number of hydrogen-bond acceptors (Lipinski definition) is 15. The summed E-state index contributed by atoms with van der Waals surface area (Å²) in [4.78, 5) is 36.4. The largest absolute Gasteiger partial charge is 0.469 e. The summed E-state index contributed by atoms with van der Waals surface area (Å²) in [5.74, 6) is -1.70. The summed E-state index contributed by atoms with van der Waals surface area (Å²) in [6.07, 6.45) is -9.38. The molecule has 2 N–H and O–H groups in total. The molecule has 0 spiro atoms. The number of aliphatic hydroxyl groups excluding tert-OH is 2. The maximum absolute atomic E-state index is 12.6. The van der Waals surface area contributed by atoms with Crippen LogP contribution in [-0.4, -0.2) is 116 Å². The highest BCUT2D eigenvalue weighted by molar-refractivity contribution is 5.69. The van der Waals surface area contributed by atoms with Gasteiger partial charge in [0.05, 0.1) is 37.6 Å². The molecule has 15 nitrogen and oxygen atoms in total. The fraction of sp³-hybridized carbons (Fsp3) is 0.553. The highest BCUT2D eigenvalue weighted by atomic mass is 16.8. The van der Waals surface area contributed by atoms with E-state index in [1.54, 1.807) is 91.0 Å². The molecule has 3 aromatic carbocycles. The molecule has 0 saturated carbocycles. The Bertz CT molecular complexity index is 1850. The molecule has 2 saturated heterocycles. The van der Waals surface area contributed by atoms with Gasteiger partial charge in [-0.15, -0.1) is 0 Å². The van der Waals surface area contributed by atoms with Crippen LogP contribution in [0.4, 0.5) is 0 Å². The lowest BCUT2D eigenvalue weighted by atomic mass is 9.96. The SMILES string of the molecule is [2H]C(O[C@H]1[C@H](OC([2H])c2ccccc2)[C@@H](OC([2H])c2ccccc2)C(O[C@H]2[C@@H](OCCCCCCCCC(=O)OC)O[C@H](CO)[C@@H](O)[C@@H]2OC(C)=O)O[C@@H]1COC(C)=O)c1ccccc1. The van der Waals surface area contributed by atoms with E-state index in [1.165, 1.54) is 14.0 Å². The highest BCUT2D eigenvalue weighted by Crippen LogP contribution is 2.35. The van der Waals surface area contributed by atoms with E-state index in [1.807, 2.05) is 0 Å². The maximum Gasteiger partial charge on any atom is 0.305 e. The van der Waals surface area contributed by atoms with Gasteiger partial charge in [0.2, 0.25) is 0 Å². The third kappa shape index (κ3) is 15.5. The molecule has 2 aliphatic heterocycles. The standard InChI is InChI=1S/C47H62O15/c1-32(49)55-31-38-41(56-28-34-19-11-8-12-20-34)43(57-29-35-21-13-9-14-22-35)44(58-30-36-23-15-10-16-24-36)47(61-38)62-45-42(59-33(2)50)40(52)37(27-48)60-46(45)54-26-18-7-5-4-6-17-25-39(51)53-3/h8-16,19-24,37-38,40-48,52H,4-7,17-18,25-31H2,1-3H3/t37-,38-,40-,41-,42+,43+,44-,45-,46+,47?/m1/s1/i28D,29D,30D/t28?,29?,30?,37-,38-,40-,41-,42+,43+,44-,45-,46+,47?. The van der Waals surface area contributed by atoms with Crippen LogP contribution in [0.1, 0.15) is 79.6 Å². The van der Waals surface area contributed by atoms with Gasteiger partial charge in [-0.2, -0.15) is 0 Å². The van der Waals surface area contributed by atoms with E-state index < -0.39 is 106 Å². The highest BCUT2D eigenvalue weighted by Gasteiger charge is 2.54. The van der Waals surface area contributed by atoms with Crippen LogP contribution in [0.2, 0.25) is 0 Å². The fourth-order valence-electron chi connectivity index (χ4n) is 7.03. The van der Waals surface area contributed by atoms with Crippen molar-refractivity contribution in [1.29, 1.82) is 0 Å². The third-order valence-electron chi connectivity index (χ3n) is 10.2. The lowest BCUT2D eigenvalue weighted by Crippen LogP contribution is -2.66. The lowest BCUT2D eigenvalue weighted by molar-refractivity contribution is -0.377. The number of aliphatic hydroxyl groups is 2. The quantitative estimate of drug-likeness (QED) is 0.0631. The number of hydrogen-bond donors (Lipinski definition) is 2. The zero-order valence-electron chi connectivity index (χ0n) is 38.4. The second-order valence-electron chi connectivity index (χ2n) is 14.9. The molecule has 4 unspecified atom stereocenters. The third-order valence-corrected chi connectivity index (χ3v) is 10.2. The van der Waals surface area contributed by atoms with Crippen molar-refractivity contribution in [2.75, 3.05) is 26.9 Å². The van der Waals surface area contributed by atoms with Gasteiger partial charge in [-0.25, -0.2) is 0 Å². The van der Waals surface area contributed by atoms with Crippen LogP contribution >= 0.6 is 0 Å². The van der Waals surface area contributed by atoms with Crippen LogP contribution < -0.4 is 0 Å². The molecule has 0 radical (unpaired) electrons. The Morgan fingerprint density at radius 3 is 1.66 bits per heavy atom. The molecule has 0 amide bonds. The Balaban J connectivity index is 1.52. The molecule has 2 heterocycles. The predicted octanol–water partition coefficient (Wildman–Crippen LogP) is 5.35. The van der Waals surface area contributed by atoms with Crippen molar-refractivity contribution in [3.8, 4) is 0 Å². The molecule has 62 heavy (non-hydrogen) atoms. The van der Waals surface area contributed by atoms with Crippen LogP contribution in [0, 0.1) is 0 Å². The summed E-state index contributed by atoms with van der Waals surface area (Å²) in [5.41, 5.74) is 1.35. The minimum Gasteiger partial charge on any atom is -0.469 e. The van der Waals surface area contributed by atoms with Crippen molar-refractivity contribution in [2.45, 2.75) is 140 Å². The average Bonchev–Trinajstić information content (AvgIpc) is 3.31. The van der Waals surface area contributed by atoms with Crippen molar-refractivity contribution in [1.82, 2.24) is 0 Å². The molecule has 0 aliphatic carbocycles. The van der Waals surface area contributed by atoms with Crippen LogP contribution in [0.3, 0.4) is 0 Å². The van der Waals surface area contributed by atoms with Crippen molar-refractivity contribution in [2.24, 2.45) is 0 Å². The molecule has 2 fully saturated rings. The smallest absolute Gasteiger partial charge is 0.305 e. The first-order valence-electron chi connectivity index (χ1n) is 22.8. The molecule has 5 rings (SSSR count). The van der Waals surface area contributed by atoms with Crippen LogP contribution in [0.25, 0.3) is 0 Å². The summed E-state index contributed by atoms with van der Waals surface area (Å²) in [6, 6.07) is 25.9. The van der Waals surface area contributed by atoms with E-state index in [4.69, 9.17) is 48.7 Å². The van der Waals surface area contributed by atoms with Gasteiger partial charge in [-0.3, -0.25) is 14.4 Å². The minimum absolute atomic E-state index is 0.126. The molecule has 0 bridgehead atoms. The van der Waals surface area contributed by atoms with E-state index in [0.717, 1.165) is 32.6 Å². The van der Waals surface area contributed by atoms with Crippen LogP contribution in [-0.2, 0) is 81.5 Å². The van der Waals surface area contributed by atoms with Gasteiger partial charge in [0.1, 0.15) is 43.2 Å². The topological polar surface area (TPSA) is 184 Å². The maximum atomic E-state index is 12.6. The Morgan fingerprint density at radius 1 is 0.613 bits per heavy atom. The average molecular weight is 870 g/mol. The Kier molecular flexibility index (Phi) is 18.8. The minimum atomic E-state index is -1.64. The number of rotatable bonds is 25. The molecular weight excluding hydrogens is 805 g/mol. The zero-order chi connectivity index (χ0) is 46.7. The molecule has 3 aromatic rings. The summed E-state index contributed by atoms with van der Waals surface area (Å²) < 4.78 is 88.4. The summed E-state index contributed by atoms with van der Waals surface area (Å²) >= 11 is 0. The number of carbonyl (C=O) groups is 3. The summed E-state index contributed by atoms with van der Waals surface area (Å²) in [7, 11) is 1.36. The molecule has 2 aliphatic rings. The molecule has 15 heteroatoms. The van der Waals surface area contributed by atoms with Crippen molar-refractivity contribution in [3.63, 3.8) is 0 Å². The molecule has 13 atom stereocenters. The number of esters is 3. The number of unbranched alkanes of at least 4 members (excludes halogenated alkanes) is 5. The van der Waals surface area contributed by atoms with Crippen LogP contribution in [0.5, 0.6) is 0 Å². The number of ether oxygens (including phenoxy) is 10. The fourth-order valence-corrected chi connectivity index (χ4v) is 7.03. The Morgan fingerprint density at radius 2 is 1.13 bits per heavy atom. The van der Waals surface area contributed by atoms with E-state index in [0.29, 0.717) is 36.0 Å². The van der Waals surface area contributed by atoms with Gasteiger partial charge in [0, 0.05) is 26.9 Å². The van der Waals surface area contributed by atoms with E-state index in [2.05, 4.69) is 0 Å². The first kappa shape index (κ1) is 44.3. The summed E-state index contributed by atoms with van der Waals surface area (Å²) in [6.45, 7) is -2.80. The predicted molar refractivity (Wildman–Crippen MR) is 223 cm³/mol. The number of carbonyl (C=O) groups excluding carboxylic acids is 3. The van der Waals surface area contributed by atoms with E-state index in [9.17, 15) is 27.3 Å². The van der Waals surface area contributed by atoms with E-state index >= 15 is 0 Å². The number of benzene rings is 3. The van der Waals surface area contributed by atoms with Gasteiger partial charge in [-0.1, -0.05) is 117 Å². The van der Waals surface area contributed by atoms with Gasteiger partial charge in [-0.05, 0) is 29.5 Å². The van der Waals surface area contributed by atoms with Crippen molar-refractivity contribution < 1.29 is 76.1 Å². The molecular formula is C47H62O15. The monoisotopic (exact) mass is 869 g/mol. The van der Waals surface area contributed by atoms with Crippen molar-refractivity contribution >= 4 is 17.9 Å². The Labute approximate surface area is 368 Å². The first-order valence-corrected chi connectivity index (χ1v) is 21.0. The van der Waals surface area contributed by atoms with Gasteiger partial charge in [0.25, 0.3) is 0 Å². The lowest BCUT2D eigenvalue weighted by Gasteiger charge is -2.49. The Hall–Kier alpha value is -4.29. The van der Waals surface area contributed by atoms with Crippen molar-refractivity contribution in [3.05, 3.63) is 108 Å². The van der Waals surface area contributed by atoms with Gasteiger partial charge < -0.3 is 57.6 Å². The molecule has 0 aromatic heterocycles. The molecule has 340 valence electrons. The normalized spacial score (nSPS) is 28.3. The zero-order valence-corrected chi connectivity index (χ0v) is 35.4. The second-order valence-corrected chi connectivity index (χ2v) is 14.9. The summed E-state index contributed by atoms with van der Waals surface area (Å²) in [5, 5.41) is 21.7. The van der Waals surface area contributed by atoms with Gasteiger partial charge >= 0.3 is 17.9 Å². The number of methoxy groups -OCH3 is 1. The van der Waals surface area contributed by atoms with Gasteiger partial charge in [0.15, 0.2) is 24.8 Å². The van der Waals surface area contributed by atoms with E-state index in [-0.39, 0.29) is 12.6 Å². The first-order chi connectivity index (χ1) is 31.4.